The van der Waals surface area contributed by atoms with Crippen molar-refractivity contribution in [2.75, 3.05) is 32.4 Å². The fourth-order valence-corrected chi connectivity index (χ4v) is 5.28. The second-order valence-electron chi connectivity index (χ2n) is 8.22. The van der Waals surface area contributed by atoms with Gasteiger partial charge in [-0.3, -0.25) is 0 Å². The maximum atomic E-state index is 4.80. The molecule has 5 rings (SSSR count). The number of hydrogen-bond acceptors (Lipinski definition) is 6. The lowest BCUT2D eigenvalue weighted by molar-refractivity contribution is -0.445. The summed E-state index contributed by atoms with van der Waals surface area (Å²) in [6.07, 6.45) is 2.30. The molecule has 0 unspecified atom stereocenters. The molecule has 2 saturated heterocycles. The third-order valence-corrected chi connectivity index (χ3v) is 7.15. The van der Waals surface area contributed by atoms with E-state index in [0.29, 0.717) is 14.0 Å². The highest BCUT2D eigenvalue weighted by atomic mass is 15.4. The van der Waals surface area contributed by atoms with Crippen molar-refractivity contribution in [3.63, 3.8) is 0 Å². The molecule has 1 aromatic carbocycles. The molecule has 0 saturated carbocycles. The second kappa shape index (κ2) is 6.01. The molecule has 4 aliphatic rings. The van der Waals surface area contributed by atoms with Crippen molar-refractivity contribution in [1.82, 2.24) is 18.8 Å². The van der Waals surface area contributed by atoms with E-state index in [4.69, 9.17) is 5.11 Å². The van der Waals surface area contributed by atoms with Crippen molar-refractivity contribution in [1.29, 1.82) is 0 Å². The minimum atomic E-state index is 0.176. The van der Waals surface area contributed by atoms with Crippen LogP contribution >= 0.6 is 0 Å². The van der Waals surface area contributed by atoms with Crippen LogP contribution in [-0.4, -0.2) is 86.2 Å². The van der Waals surface area contributed by atoms with Gasteiger partial charge >= 0.3 is 21.1 Å². The molecule has 4 aliphatic heterocycles. The van der Waals surface area contributed by atoms with Crippen LogP contribution < -0.4 is 4.72 Å². The average Bonchev–Trinajstić information content (AvgIpc) is 3.16. The summed E-state index contributed by atoms with van der Waals surface area (Å²) in [6, 6.07) is 8.67. The number of hydrogen-bond donors (Lipinski definition) is 0. The van der Waals surface area contributed by atoms with Gasteiger partial charge in [0, 0.05) is 12.1 Å². The van der Waals surface area contributed by atoms with Gasteiger partial charge in [-0.05, 0) is 32.3 Å². The Morgan fingerprint density at radius 1 is 0.926 bits per heavy atom. The van der Waals surface area contributed by atoms with Crippen LogP contribution in [0, 0.1) is 0 Å². The van der Waals surface area contributed by atoms with Crippen molar-refractivity contribution in [3.8, 4) is 0 Å². The Morgan fingerprint density at radius 3 is 2.41 bits per heavy atom. The van der Waals surface area contributed by atoms with Crippen LogP contribution in [-0.2, 0) is 0 Å². The van der Waals surface area contributed by atoms with Crippen LogP contribution in [0.25, 0.3) is 0 Å². The van der Waals surface area contributed by atoms with E-state index in [1.165, 1.54) is 17.0 Å². The predicted molar refractivity (Wildman–Crippen MR) is 116 cm³/mol. The van der Waals surface area contributed by atoms with Crippen LogP contribution in [0.5, 0.6) is 0 Å². The first kappa shape index (κ1) is 17.6. The summed E-state index contributed by atoms with van der Waals surface area (Å²) in [5, 5.41) is 4.80. The van der Waals surface area contributed by atoms with Gasteiger partial charge in [0.25, 0.3) is 19.7 Å². The molecule has 0 spiro atoms. The largest absolute Gasteiger partial charge is 0.430 e. The Balaban J connectivity index is 1.72. The third kappa shape index (κ3) is 2.18. The van der Waals surface area contributed by atoms with E-state index in [0.717, 1.165) is 6.54 Å². The van der Waals surface area contributed by atoms with Gasteiger partial charge in [0.1, 0.15) is 6.54 Å². The molecule has 0 N–H and O–H groups in total. The summed E-state index contributed by atoms with van der Waals surface area (Å²) < 4.78 is 14.8. The summed E-state index contributed by atoms with van der Waals surface area (Å²) in [7, 11) is 6.97. The zero-order valence-corrected chi connectivity index (χ0v) is 17.1. The summed E-state index contributed by atoms with van der Waals surface area (Å²) in [5.74, 6) is 0. The van der Waals surface area contributed by atoms with Gasteiger partial charge in [0.15, 0.2) is 0 Å². The Labute approximate surface area is 164 Å². The van der Waals surface area contributed by atoms with Crippen LogP contribution in [0.4, 0.5) is 11.4 Å². The molecule has 12 heteroatoms. The number of benzene rings is 1. The van der Waals surface area contributed by atoms with E-state index in [1.54, 1.807) is 0 Å². The van der Waals surface area contributed by atoms with Crippen LogP contribution in [0.3, 0.4) is 0 Å². The van der Waals surface area contributed by atoms with E-state index in [2.05, 4.69) is 100 Å². The quantitative estimate of drug-likeness (QED) is 0.511. The normalized spacial score (nSPS) is 23.9. The molecule has 0 atom stereocenters. The van der Waals surface area contributed by atoms with E-state index < -0.39 is 0 Å². The van der Waals surface area contributed by atoms with Crippen molar-refractivity contribution < 1.29 is 4.70 Å². The highest BCUT2D eigenvalue weighted by molar-refractivity contribution is 7.04. The van der Waals surface area contributed by atoms with Gasteiger partial charge in [0.05, 0.1) is 5.69 Å². The zero-order valence-electron chi connectivity index (χ0n) is 17.1. The van der Waals surface area contributed by atoms with E-state index in [9.17, 15) is 0 Å². The van der Waals surface area contributed by atoms with Crippen molar-refractivity contribution in [2.24, 2.45) is 5.11 Å². The molecule has 27 heavy (non-hydrogen) atoms. The second-order valence-corrected chi connectivity index (χ2v) is 8.22. The first-order valence-electron chi connectivity index (χ1n) is 9.91. The van der Waals surface area contributed by atoms with E-state index >= 15 is 0 Å². The molecule has 0 bridgehead atoms. The molecule has 1 aromatic rings. The Morgan fingerprint density at radius 2 is 1.63 bits per heavy atom. The molecular formula is C15H25B5N7+. The first-order chi connectivity index (χ1) is 12.9. The molecule has 0 amide bonds. The van der Waals surface area contributed by atoms with Gasteiger partial charge in [0.2, 0.25) is 5.60 Å². The topological polar surface area (TPSA) is 31.6 Å². The minimum absolute atomic E-state index is 0.176. The van der Waals surface area contributed by atoms with Crippen LogP contribution in [0.2, 0.25) is 20.5 Å². The average molecular weight is 357 g/mol. The van der Waals surface area contributed by atoms with Gasteiger partial charge < -0.3 is 23.5 Å². The number of para-hydroxylation sites is 2. The lowest BCUT2D eigenvalue weighted by atomic mass is 9.34. The lowest BCUT2D eigenvalue weighted by Crippen LogP contribution is -2.89. The summed E-state index contributed by atoms with van der Waals surface area (Å²) >= 11 is 0. The SMILES string of the molecule is CB1N(C)B(C)N2B(N1C)N(C)B(C)N1B2C2=CCN=[N+]2c2ccccc21. The van der Waals surface area contributed by atoms with E-state index in [1.807, 2.05) is 0 Å². The van der Waals surface area contributed by atoms with Crippen molar-refractivity contribution in [2.45, 2.75) is 20.5 Å². The summed E-state index contributed by atoms with van der Waals surface area (Å²) in [6.45, 7) is 8.87. The molecule has 4 heterocycles. The maximum absolute atomic E-state index is 4.80. The summed E-state index contributed by atoms with van der Waals surface area (Å²) in [4.78, 5) is 0. The van der Waals surface area contributed by atoms with Gasteiger partial charge in [-0.2, -0.15) is 0 Å². The molecule has 2 fully saturated rings. The van der Waals surface area contributed by atoms with Crippen molar-refractivity contribution >= 4 is 46.4 Å². The highest BCUT2D eigenvalue weighted by Crippen LogP contribution is 2.43. The van der Waals surface area contributed by atoms with Crippen molar-refractivity contribution in [3.05, 3.63) is 35.9 Å². The van der Waals surface area contributed by atoms with Crippen LogP contribution in [0.15, 0.2) is 41.1 Å². The Kier molecular flexibility index (Phi) is 3.92. The maximum Gasteiger partial charge on any atom is 0.430 e. The molecule has 0 aromatic heterocycles. The Bertz CT molecular complexity index is 850. The molecular weight excluding hydrogens is 332 g/mol. The smallest absolute Gasteiger partial charge is 0.421 e. The Hall–Kier alpha value is -1.48. The lowest BCUT2D eigenvalue weighted by Gasteiger charge is -2.61. The van der Waals surface area contributed by atoms with Crippen LogP contribution in [0.1, 0.15) is 0 Å². The molecule has 134 valence electrons. The first-order valence-corrected chi connectivity index (χ1v) is 9.91. The molecule has 0 aliphatic carbocycles. The highest BCUT2D eigenvalue weighted by Gasteiger charge is 2.64. The number of azo groups is 2. The molecule has 0 radical (unpaired) electrons. The monoisotopic (exact) mass is 358 g/mol. The number of anilines is 1. The van der Waals surface area contributed by atoms with Gasteiger partial charge in [-0.25, -0.2) is 0 Å². The zero-order chi connectivity index (χ0) is 19.0. The fraction of sp³-hybridized carbons (Fsp3) is 0.467. The fourth-order valence-electron chi connectivity index (χ4n) is 5.28. The summed E-state index contributed by atoms with van der Waals surface area (Å²) in [5.41, 5.74) is 3.75. The van der Waals surface area contributed by atoms with E-state index in [-0.39, 0.29) is 21.1 Å². The van der Waals surface area contributed by atoms with Gasteiger partial charge in [-0.1, -0.05) is 37.3 Å². The molecule has 7 nitrogen and oxygen atoms in total. The number of fused-ring (bicyclic) bond motifs is 8. The predicted octanol–water partition coefficient (Wildman–Crippen LogP) is 0.991. The minimum Gasteiger partial charge on any atom is -0.421 e. The number of rotatable bonds is 0. The van der Waals surface area contributed by atoms with Gasteiger partial charge in [-0.15, -0.1) is 0 Å². The standard InChI is InChI=1S/C15H25B5N7/c1-16-22(4)18(3)27-19-15-11-12-21-25(15)13-9-7-8-10-14(13)26(19)17(2)24(6)20(27)23(16)5/h7-11H,12H2,1-6H3/q+1. The third-order valence-electron chi connectivity index (χ3n) is 7.15. The number of nitrogens with zero attached hydrogens (tertiary/aromatic N) is 7.